The second kappa shape index (κ2) is 10.2. The maximum Gasteiger partial charge on any atom is 0.226 e. The maximum absolute atomic E-state index is 15.1. The third-order valence-electron chi connectivity index (χ3n) is 7.50. The maximum atomic E-state index is 15.1. The zero-order chi connectivity index (χ0) is 25.4. The largest absolute Gasteiger partial charge is 0.493 e. The number of ether oxygens (including phenoxy) is 3. The van der Waals surface area contributed by atoms with E-state index in [0.29, 0.717) is 53.6 Å². The molecule has 0 atom stereocenters. The summed E-state index contributed by atoms with van der Waals surface area (Å²) in [4.78, 5) is 7.60. The van der Waals surface area contributed by atoms with E-state index in [0.717, 1.165) is 42.8 Å². The summed E-state index contributed by atoms with van der Waals surface area (Å²) in [7, 11) is 1.62. The zero-order valence-corrected chi connectivity index (χ0v) is 21.4. The number of rotatable bonds is 7. The number of nitrogens with one attached hydrogen (secondary N) is 3. The van der Waals surface area contributed by atoms with Crippen molar-refractivity contribution in [3.05, 3.63) is 47.4 Å². The van der Waals surface area contributed by atoms with Crippen LogP contribution in [0.3, 0.4) is 0 Å². The summed E-state index contributed by atoms with van der Waals surface area (Å²) in [6, 6.07) is 9.52. The molecule has 196 valence electrons. The average Bonchev–Trinajstić information content (AvgIpc) is 3.28. The molecule has 2 aliphatic heterocycles. The second-order valence-electron chi connectivity index (χ2n) is 10.3. The Balaban J connectivity index is 1.12. The van der Waals surface area contributed by atoms with Crippen LogP contribution in [0.2, 0.25) is 0 Å². The van der Waals surface area contributed by atoms with Crippen molar-refractivity contribution in [1.82, 2.24) is 15.4 Å². The highest BCUT2D eigenvalue weighted by atomic mass is 19.1. The summed E-state index contributed by atoms with van der Waals surface area (Å²) in [5.41, 5.74) is 6.82. The van der Waals surface area contributed by atoms with Gasteiger partial charge in [-0.1, -0.05) is 6.42 Å². The molecule has 3 heterocycles. The molecule has 3 N–H and O–H groups in total. The van der Waals surface area contributed by atoms with Crippen LogP contribution in [0.5, 0.6) is 17.2 Å². The molecule has 3 aromatic rings. The summed E-state index contributed by atoms with van der Waals surface area (Å²) < 4.78 is 33.0. The summed E-state index contributed by atoms with van der Waals surface area (Å²) in [5, 5.41) is 6.15. The first kappa shape index (κ1) is 24.1. The van der Waals surface area contributed by atoms with Crippen LogP contribution in [-0.2, 0) is 0 Å². The Kier molecular flexibility index (Phi) is 6.65. The van der Waals surface area contributed by atoms with E-state index in [1.54, 1.807) is 19.2 Å². The van der Waals surface area contributed by atoms with Gasteiger partial charge >= 0.3 is 0 Å². The van der Waals surface area contributed by atoms with Crippen LogP contribution in [0.4, 0.5) is 10.1 Å². The lowest BCUT2D eigenvalue weighted by Crippen LogP contribution is -2.52. The normalized spacial score (nSPS) is 21.5. The molecule has 1 aliphatic carbocycles. The van der Waals surface area contributed by atoms with E-state index in [2.05, 4.69) is 25.7 Å². The highest BCUT2D eigenvalue weighted by molar-refractivity contribution is 6.03. The molecular formula is C28H34FN5O3. The van der Waals surface area contributed by atoms with E-state index in [4.69, 9.17) is 14.2 Å². The number of hydrogen-bond donors (Lipinski definition) is 3. The van der Waals surface area contributed by atoms with E-state index >= 15 is 4.39 Å². The van der Waals surface area contributed by atoms with Crippen molar-refractivity contribution in [3.63, 3.8) is 0 Å². The number of piperidine rings is 1. The Morgan fingerprint density at radius 3 is 2.73 bits per heavy atom. The standard InChI is InChI=1S/C28H34FN5O3/c1-17-10-20-22(32-17)6-7-24(27(20)29)37-28-21-13-25(35-2)26(14-23(21)30-16-31-28)36-15-18-11-19(12-18)33-34-8-4-3-5-9-34/h6-7,10,13-14,18-19,30,32-33H,3-5,8-9,11-12,15-16H2,1-2H3. The lowest BCUT2D eigenvalue weighted by molar-refractivity contribution is 0.0564. The van der Waals surface area contributed by atoms with Gasteiger partial charge in [0.15, 0.2) is 23.1 Å². The van der Waals surface area contributed by atoms with E-state index < -0.39 is 5.82 Å². The molecule has 2 aromatic carbocycles. The van der Waals surface area contributed by atoms with Crippen molar-refractivity contribution in [2.24, 2.45) is 10.9 Å². The average molecular weight is 508 g/mol. The minimum absolute atomic E-state index is 0.134. The summed E-state index contributed by atoms with van der Waals surface area (Å²) in [6.07, 6.45) is 6.14. The van der Waals surface area contributed by atoms with E-state index in [1.165, 1.54) is 19.3 Å². The molecule has 1 saturated carbocycles. The highest BCUT2D eigenvalue weighted by Crippen LogP contribution is 2.38. The molecule has 0 amide bonds. The fourth-order valence-corrected chi connectivity index (χ4v) is 5.46. The van der Waals surface area contributed by atoms with E-state index in [1.807, 2.05) is 25.1 Å². The van der Waals surface area contributed by atoms with Gasteiger partial charge in [-0.3, -0.25) is 5.43 Å². The number of H-pyrrole nitrogens is 1. The molecule has 1 aromatic heterocycles. The predicted octanol–water partition coefficient (Wildman–Crippen LogP) is 4.98. The number of hydrogen-bond acceptors (Lipinski definition) is 7. The lowest BCUT2D eigenvalue weighted by atomic mass is 9.81. The van der Waals surface area contributed by atoms with Crippen LogP contribution in [0, 0.1) is 18.7 Å². The van der Waals surface area contributed by atoms with Crippen molar-refractivity contribution < 1.29 is 18.6 Å². The Labute approximate surface area is 216 Å². The first-order valence-corrected chi connectivity index (χ1v) is 13.2. The molecular weight excluding hydrogens is 473 g/mol. The first-order valence-electron chi connectivity index (χ1n) is 13.2. The lowest BCUT2D eigenvalue weighted by Gasteiger charge is -2.40. The molecule has 6 rings (SSSR count). The summed E-state index contributed by atoms with van der Waals surface area (Å²) in [6.45, 7) is 5.17. The number of aromatic nitrogens is 1. The number of halogens is 1. The number of benzene rings is 2. The van der Waals surface area contributed by atoms with Gasteiger partial charge in [0, 0.05) is 41.8 Å². The van der Waals surface area contributed by atoms with Gasteiger partial charge in [-0.15, -0.1) is 0 Å². The molecule has 2 fully saturated rings. The van der Waals surface area contributed by atoms with E-state index in [-0.39, 0.29) is 5.75 Å². The van der Waals surface area contributed by atoms with Crippen LogP contribution in [0.25, 0.3) is 10.9 Å². The fourth-order valence-electron chi connectivity index (χ4n) is 5.46. The Morgan fingerprint density at radius 2 is 1.92 bits per heavy atom. The summed E-state index contributed by atoms with van der Waals surface area (Å²) >= 11 is 0. The van der Waals surface area contributed by atoms with Crippen LogP contribution in [0.15, 0.2) is 35.3 Å². The Morgan fingerprint density at radius 1 is 1.08 bits per heavy atom. The molecule has 9 heteroatoms. The van der Waals surface area contributed by atoms with Crippen molar-refractivity contribution in [2.45, 2.75) is 45.1 Å². The second-order valence-corrected chi connectivity index (χ2v) is 10.3. The van der Waals surface area contributed by atoms with Crippen LogP contribution >= 0.6 is 0 Å². The number of anilines is 1. The fraction of sp³-hybridized carbons (Fsp3) is 0.464. The van der Waals surface area contributed by atoms with Crippen LogP contribution in [-0.4, -0.2) is 55.4 Å². The van der Waals surface area contributed by atoms with E-state index in [9.17, 15) is 0 Å². The molecule has 1 saturated heterocycles. The van der Waals surface area contributed by atoms with Crippen LogP contribution < -0.4 is 25.0 Å². The molecule has 0 unspecified atom stereocenters. The summed E-state index contributed by atoms with van der Waals surface area (Å²) in [5.74, 6) is 1.86. The van der Waals surface area contributed by atoms with Crippen molar-refractivity contribution in [1.29, 1.82) is 0 Å². The highest BCUT2D eigenvalue weighted by Gasteiger charge is 2.31. The van der Waals surface area contributed by atoms with Gasteiger partial charge in [-0.05, 0) is 62.8 Å². The van der Waals surface area contributed by atoms with Gasteiger partial charge in [0.25, 0.3) is 0 Å². The number of methoxy groups -OCH3 is 1. The zero-order valence-electron chi connectivity index (χ0n) is 21.4. The number of aryl methyl sites for hydroxylation is 1. The third kappa shape index (κ3) is 4.98. The molecule has 0 radical (unpaired) electrons. The third-order valence-corrected chi connectivity index (χ3v) is 7.50. The minimum Gasteiger partial charge on any atom is -0.493 e. The van der Waals surface area contributed by atoms with Gasteiger partial charge in [0.1, 0.15) is 6.67 Å². The minimum atomic E-state index is -0.412. The topological polar surface area (TPSA) is 83.1 Å². The number of hydrazine groups is 1. The van der Waals surface area contributed by atoms with Gasteiger partial charge in [0.05, 0.1) is 25.0 Å². The SMILES string of the molecule is COc1cc2c(cc1OCC1CC(NN3CCCCC3)C1)NCN=C2Oc1ccc2[nH]c(C)cc2c1F. The van der Waals surface area contributed by atoms with Gasteiger partial charge in [-0.25, -0.2) is 14.4 Å². The first-order chi connectivity index (χ1) is 18.1. The monoisotopic (exact) mass is 507 g/mol. The number of aromatic amines is 1. The van der Waals surface area contributed by atoms with Gasteiger partial charge in [0.2, 0.25) is 5.90 Å². The molecule has 0 bridgehead atoms. The van der Waals surface area contributed by atoms with Gasteiger partial charge in [-0.2, -0.15) is 0 Å². The number of fused-ring (bicyclic) bond motifs is 2. The van der Waals surface area contributed by atoms with Crippen molar-refractivity contribution in [3.8, 4) is 17.2 Å². The van der Waals surface area contributed by atoms with Crippen LogP contribution in [0.1, 0.15) is 43.4 Å². The van der Waals surface area contributed by atoms with Gasteiger partial charge < -0.3 is 24.5 Å². The Hall–Kier alpha value is -3.30. The number of nitrogens with zero attached hydrogens (tertiary/aromatic N) is 2. The quantitative estimate of drug-likeness (QED) is 0.418. The van der Waals surface area contributed by atoms with Crippen molar-refractivity contribution in [2.75, 3.05) is 38.8 Å². The molecule has 0 spiro atoms. The predicted molar refractivity (Wildman–Crippen MR) is 142 cm³/mol. The smallest absolute Gasteiger partial charge is 0.226 e. The Bertz CT molecular complexity index is 1310. The number of aliphatic imine (C=N–C) groups is 1. The molecule has 8 nitrogen and oxygen atoms in total. The molecule has 3 aliphatic rings. The molecule has 37 heavy (non-hydrogen) atoms. The van der Waals surface area contributed by atoms with Crippen molar-refractivity contribution >= 4 is 22.5 Å².